The number of pyridine rings is 1. The molecular weight excluding hydrogens is 294 g/mol. The highest BCUT2D eigenvalue weighted by Gasteiger charge is 2.12. The van der Waals surface area contributed by atoms with Gasteiger partial charge in [0.15, 0.2) is 0 Å². The van der Waals surface area contributed by atoms with E-state index in [-0.39, 0.29) is 0 Å². The average Bonchev–Trinajstić information content (AvgIpc) is 3.07. The summed E-state index contributed by atoms with van der Waals surface area (Å²) in [5.74, 6) is 0.823. The van der Waals surface area contributed by atoms with Crippen molar-refractivity contribution in [1.29, 1.82) is 0 Å². The van der Waals surface area contributed by atoms with E-state index in [1.54, 1.807) is 12.3 Å². The summed E-state index contributed by atoms with van der Waals surface area (Å²) in [6, 6.07) is 14.0. The Hall–Kier alpha value is -2.94. The summed E-state index contributed by atoms with van der Waals surface area (Å²) in [6.45, 7) is 9.81. The first-order valence-electron chi connectivity index (χ1n) is 8.19. The molecule has 0 aliphatic rings. The molecule has 0 saturated carbocycles. The van der Waals surface area contributed by atoms with Crippen LogP contribution in [0.25, 0.3) is 34.8 Å². The van der Waals surface area contributed by atoms with E-state index in [2.05, 4.69) is 33.7 Å². The topological polar surface area (TPSA) is 41.6 Å². The van der Waals surface area contributed by atoms with Gasteiger partial charge in [0.05, 0.1) is 17.1 Å². The first kappa shape index (κ1) is 17.4. The van der Waals surface area contributed by atoms with Gasteiger partial charge in [0.1, 0.15) is 5.82 Å². The minimum Gasteiger partial charge on any atom is -0.338 e. The molecule has 122 valence electrons. The van der Waals surface area contributed by atoms with Crippen molar-refractivity contribution in [2.24, 2.45) is 0 Å². The fourth-order valence-corrected chi connectivity index (χ4v) is 2.41. The van der Waals surface area contributed by atoms with Crippen molar-refractivity contribution in [3.8, 4) is 22.6 Å². The third-order valence-corrected chi connectivity index (χ3v) is 3.41. The molecule has 0 fully saturated rings. The zero-order valence-electron chi connectivity index (χ0n) is 14.5. The SMILES string of the molecule is C=Cc1nc(-c2ccccc2-c2ccccn2)[nH]c1/C=C\C.CC. The summed E-state index contributed by atoms with van der Waals surface area (Å²) in [4.78, 5) is 12.5. The lowest BCUT2D eigenvalue weighted by Gasteiger charge is -2.06. The molecule has 0 radical (unpaired) electrons. The number of imidazole rings is 1. The van der Waals surface area contributed by atoms with Gasteiger partial charge in [-0.2, -0.15) is 0 Å². The van der Waals surface area contributed by atoms with Gasteiger partial charge in [-0.15, -0.1) is 0 Å². The molecule has 3 nitrogen and oxygen atoms in total. The highest BCUT2D eigenvalue weighted by molar-refractivity contribution is 5.80. The smallest absolute Gasteiger partial charge is 0.139 e. The van der Waals surface area contributed by atoms with Crippen molar-refractivity contribution < 1.29 is 0 Å². The lowest BCUT2D eigenvalue weighted by atomic mass is 10.0. The van der Waals surface area contributed by atoms with E-state index in [0.29, 0.717) is 0 Å². The maximum atomic E-state index is 4.65. The fraction of sp³-hybridized carbons (Fsp3) is 0.143. The number of nitrogens with one attached hydrogen (secondary N) is 1. The molecule has 3 heteroatoms. The van der Waals surface area contributed by atoms with Crippen LogP contribution in [0.4, 0.5) is 0 Å². The maximum absolute atomic E-state index is 4.65. The number of hydrogen-bond donors (Lipinski definition) is 1. The molecule has 0 amide bonds. The first-order chi connectivity index (χ1) is 11.8. The summed E-state index contributed by atoms with van der Waals surface area (Å²) in [6.07, 6.45) is 7.54. The second-order valence-corrected chi connectivity index (χ2v) is 4.85. The molecule has 3 aromatic rings. The molecule has 2 aromatic heterocycles. The van der Waals surface area contributed by atoms with E-state index in [4.69, 9.17) is 0 Å². The Bertz CT molecular complexity index is 814. The number of nitrogens with zero attached hydrogens (tertiary/aromatic N) is 2. The van der Waals surface area contributed by atoms with Gasteiger partial charge in [0, 0.05) is 17.3 Å². The van der Waals surface area contributed by atoms with Crippen LogP contribution in [0.15, 0.2) is 61.3 Å². The molecule has 0 atom stereocenters. The summed E-state index contributed by atoms with van der Waals surface area (Å²) < 4.78 is 0. The molecule has 24 heavy (non-hydrogen) atoms. The van der Waals surface area contributed by atoms with Gasteiger partial charge in [-0.05, 0) is 31.2 Å². The molecule has 1 N–H and O–H groups in total. The lowest BCUT2D eigenvalue weighted by Crippen LogP contribution is -1.88. The lowest BCUT2D eigenvalue weighted by molar-refractivity contribution is 1.28. The highest BCUT2D eigenvalue weighted by Crippen LogP contribution is 2.30. The molecule has 0 bridgehead atoms. The van der Waals surface area contributed by atoms with E-state index in [1.807, 2.05) is 63.3 Å². The third-order valence-electron chi connectivity index (χ3n) is 3.41. The third kappa shape index (κ3) is 3.69. The number of rotatable bonds is 4. The molecule has 0 aliphatic heterocycles. The van der Waals surface area contributed by atoms with Crippen molar-refractivity contribution in [3.63, 3.8) is 0 Å². The fourth-order valence-electron chi connectivity index (χ4n) is 2.41. The Balaban J connectivity index is 0.00000100. The summed E-state index contributed by atoms with van der Waals surface area (Å²) in [5, 5.41) is 0. The summed E-state index contributed by atoms with van der Waals surface area (Å²) in [7, 11) is 0. The van der Waals surface area contributed by atoms with Crippen LogP contribution < -0.4 is 0 Å². The largest absolute Gasteiger partial charge is 0.338 e. The average molecular weight is 317 g/mol. The minimum absolute atomic E-state index is 0.823. The van der Waals surface area contributed by atoms with Gasteiger partial charge >= 0.3 is 0 Å². The number of benzene rings is 1. The Morgan fingerprint density at radius 2 is 1.71 bits per heavy atom. The van der Waals surface area contributed by atoms with Crippen LogP contribution in [0.1, 0.15) is 32.2 Å². The number of allylic oxidation sites excluding steroid dienone is 1. The van der Waals surface area contributed by atoms with Gasteiger partial charge in [-0.3, -0.25) is 4.98 Å². The quantitative estimate of drug-likeness (QED) is 0.656. The number of H-pyrrole nitrogens is 1. The molecule has 0 spiro atoms. The van der Waals surface area contributed by atoms with Crippen molar-refractivity contribution in [2.45, 2.75) is 20.8 Å². The van der Waals surface area contributed by atoms with E-state index in [9.17, 15) is 0 Å². The van der Waals surface area contributed by atoms with Crippen molar-refractivity contribution in [2.75, 3.05) is 0 Å². The van der Waals surface area contributed by atoms with Gasteiger partial charge < -0.3 is 4.98 Å². The molecule has 0 aliphatic carbocycles. The normalized spacial score (nSPS) is 10.3. The molecule has 1 aromatic carbocycles. The zero-order valence-corrected chi connectivity index (χ0v) is 14.5. The van der Waals surface area contributed by atoms with Crippen LogP contribution in [-0.4, -0.2) is 15.0 Å². The van der Waals surface area contributed by atoms with Crippen LogP contribution in [-0.2, 0) is 0 Å². The predicted octanol–water partition coefficient (Wildman–Crippen LogP) is 5.84. The molecule has 2 heterocycles. The maximum Gasteiger partial charge on any atom is 0.139 e. The molecule has 0 unspecified atom stereocenters. The summed E-state index contributed by atoms with van der Waals surface area (Å²) >= 11 is 0. The second kappa shape index (κ2) is 8.63. The summed E-state index contributed by atoms with van der Waals surface area (Å²) in [5.41, 5.74) is 4.83. The number of hydrogen-bond acceptors (Lipinski definition) is 2. The highest BCUT2D eigenvalue weighted by atomic mass is 14.9. The number of aromatic amines is 1. The van der Waals surface area contributed by atoms with Gasteiger partial charge in [0.25, 0.3) is 0 Å². The van der Waals surface area contributed by atoms with E-state index < -0.39 is 0 Å². The van der Waals surface area contributed by atoms with Crippen molar-refractivity contribution in [3.05, 3.63) is 72.7 Å². The number of aromatic nitrogens is 3. The van der Waals surface area contributed by atoms with Crippen LogP contribution in [0.5, 0.6) is 0 Å². The molecule has 3 rings (SSSR count). The van der Waals surface area contributed by atoms with Crippen LogP contribution in [0.2, 0.25) is 0 Å². The monoisotopic (exact) mass is 317 g/mol. The van der Waals surface area contributed by atoms with Crippen molar-refractivity contribution >= 4 is 12.2 Å². The zero-order chi connectivity index (χ0) is 17.4. The predicted molar refractivity (Wildman–Crippen MR) is 103 cm³/mol. The van der Waals surface area contributed by atoms with E-state index >= 15 is 0 Å². The Labute approximate surface area is 143 Å². The Morgan fingerprint density at radius 1 is 1.00 bits per heavy atom. The molecule has 0 saturated heterocycles. The second-order valence-electron chi connectivity index (χ2n) is 4.85. The van der Waals surface area contributed by atoms with E-state index in [0.717, 1.165) is 34.0 Å². The van der Waals surface area contributed by atoms with Gasteiger partial charge in [-0.25, -0.2) is 4.98 Å². The van der Waals surface area contributed by atoms with Gasteiger partial charge in [0.2, 0.25) is 0 Å². The minimum atomic E-state index is 0.823. The van der Waals surface area contributed by atoms with Crippen molar-refractivity contribution in [1.82, 2.24) is 15.0 Å². The van der Waals surface area contributed by atoms with Crippen LogP contribution in [0.3, 0.4) is 0 Å². The van der Waals surface area contributed by atoms with E-state index in [1.165, 1.54) is 0 Å². The Morgan fingerprint density at radius 3 is 2.33 bits per heavy atom. The standard InChI is InChI=1S/C19H17N3.C2H6/c1-3-9-18-16(4-2)21-19(22-18)15-11-6-5-10-14(15)17-12-7-8-13-20-17;1-2/h3-13H,2H2,1H3,(H,21,22);1-2H3/b9-3-;. The Kier molecular flexibility index (Phi) is 6.26. The first-order valence-corrected chi connectivity index (χ1v) is 8.19. The van der Waals surface area contributed by atoms with Crippen LogP contribution in [0, 0.1) is 0 Å². The molecular formula is C21H23N3. The van der Waals surface area contributed by atoms with Crippen LogP contribution >= 0.6 is 0 Å². The van der Waals surface area contributed by atoms with Gasteiger partial charge in [-0.1, -0.05) is 56.8 Å².